The molecule has 0 spiro atoms. The molecule has 0 N–H and O–H groups in total. The minimum atomic E-state index is -3.34. The summed E-state index contributed by atoms with van der Waals surface area (Å²) in [5.74, 6) is -1.29. The summed E-state index contributed by atoms with van der Waals surface area (Å²) < 4.78 is 28.7. The first-order chi connectivity index (χ1) is 12.9. The summed E-state index contributed by atoms with van der Waals surface area (Å²) >= 11 is 0. The van der Waals surface area contributed by atoms with Gasteiger partial charge in [0.25, 0.3) is 5.91 Å². The van der Waals surface area contributed by atoms with E-state index < -0.39 is 34.4 Å². The average molecular weight is 385 g/mol. The van der Waals surface area contributed by atoms with E-state index in [1.807, 2.05) is 13.0 Å². The highest BCUT2D eigenvalue weighted by Gasteiger charge is 2.31. The zero-order valence-electron chi connectivity index (χ0n) is 14.7. The van der Waals surface area contributed by atoms with Crippen LogP contribution in [-0.2, 0) is 19.4 Å². The number of aryl methyl sites for hydroxylation is 1. The van der Waals surface area contributed by atoms with Gasteiger partial charge in [-0.1, -0.05) is 35.9 Å². The predicted molar refractivity (Wildman–Crippen MR) is 102 cm³/mol. The van der Waals surface area contributed by atoms with E-state index >= 15 is 0 Å². The number of hydrogen-bond acceptors (Lipinski definition) is 5. The van der Waals surface area contributed by atoms with Crippen LogP contribution in [0.15, 0.2) is 66.1 Å². The molecule has 1 atom stereocenters. The Balaban J connectivity index is 1.76. The summed E-state index contributed by atoms with van der Waals surface area (Å²) in [6.45, 7) is 1.37. The van der Waals surface area contributed by atoms with E-state index in [2.05, 4.69) is 0 Å². The van der Waals surface area contributed by atoms with Crippen molar-refractivity contribution in [1.29, 1.82) is 0 Å². The number of amides is 1. The number of esters is 1. The number of carbonyl (C=O) groups excluding carboxylic acids is 2. The van der Waals surface area contributed by atoms with Gasteiger partial charge >= 0.3 is 5.97 Å². The second-order valence-electron chi connectivity index (χ2n) is 6.27. The first-order valence-corrected chi connectivity index (χ1v) is 10.1. The Kier molecular flexibility index (Phi) is 5.41. The van der Waals surface area contributed by atoms with Crippen molar-refractivity contribution in [2.24, 2.45) is 0 Å². The van der Waals surface area contributed by atoms with Crippen molar-refractivity contribution in [3.8, 4) is 0 Å². The molecule has 27 heavy (non-hydrogen) atoms. The summed E-state index contributed by atoms with van der Waals surface area (Å²) in [6.07, 6.45) is 1.47. The Morgan fingerprint density at radius 1 is 1.11 bits per heavy atom. The Morgan fingerprint density at radius 3 is 2.48 bits per heavy atom. The van der Waals surface area contributed by atoms with Crippen molar-refractivity contribution in [2.45, 2.75) is 13.0 Å². The molecule has 0 aromatic heterocycles. The fourth-order valence-electron chi connectivity index (χ4n) is 2.88. The molecular formula is C20H19NO5S. The molecule has 1 amide bonds. The molecule has 1 aliphatic heterocycles. The number of para-hydroxylation sites is 1. The lowest BCUT2D eigenvalue weighted by atomic mass is 10.1. The van der Waals surface area contributed by atoms with Crippen molar-refractivity contribution in [3.63, 3.8) is 0 Å². The molecular weight excluding hydrogens is 366 g/mol. The fourth-order valence-corrected chi connectivity index (χ4v) is 4.15. The molecule has 6 nitrogen and oxygen atoms in total. The predicted octanol–water partition coefficient (Wildman–Crippen LogP) is 2.50. The second kappa shape index (κ2) is 7.75. The van der Waals surface area contributed by atoms with E-state index in [-0.39, 0.29) is 5.75 Å². The number of hydrogen-bond donors (Lipinski definition) is 0. The molecule has 7 heteroatoms. The van der Waals surface area contributed by atoms with E-state index in [1.165, 1.54) is 11.0 Å². The van der Waals surface area contributed by atoms with Crippen LogP contribution in [0.2, 0.25) is 0 Å². The van der Waals surface area contributed by atoms with Gasteiger partial charge in [-0.05, 0) is 37.3 Å². The van der Waals surface area contributed by atoms with Crippen LogP contribution in [-0.4, -0.2) is 38.7 Å². The van der Waals surface area contributed by atoms with E-state index in [1.54, 1.807) is 48.5 Å². The highest BCUT2D eigenvalue weighted by atomic mass is 32.2. The van der Waals surface area contributed by atoms with Gasteiger partial charge in [0.2, 0.25) is 0 Å². The smallest absolute Gasteiger partial charge is 0.338 e. The van der Waals surface area contributed by atoms with Gasteiger partial charge in [-0.15, -0.1) is 0 Å². The number of ether oxygens (including phenoxy) is 1. The van der Waals surface area contributed by atoms with Crippen LogP contribution in [0.1, 0.15) is 15.9 Å². The number of anilines is 1. The topological polar surface area (TPSA) is 80.8 Å². The standard InChI is InChI=1S/C20H19NO5S/c1-15-6-5-7-16(12-15)20(23)26-13-19(22)21(17-8-3-2-4-9-17)18-10-11-27(24,25)14-18/h2-12,18H,13-14H2,1H3/t18-/m1/s1. The van der Waals surface area contributed by atoms with E-state index in [0.29, 0.717) is 11.3 Å². The summed E-state index contributed by atoms with van der Waals surface area (Å²) in [6, 6.07) is 15.0. The van der Waals surface area contributed by atoms with Gasteiger partial charge in [0, 0.05) is 11.1 Å². The molecule has 0 fully saturated rings. The molecule has 0 saturated carbocycles. The minimum Gasteiger partial charge on any atom is -0.452 e. The van der Waals surface area contributed by atoms with E-state index in [4.69, 9.17) is 4.74 Å². The summed E-state index contributed by atoms with van der Waals surface area (Å²) in [4.78, 5) is 26.3. The van der Waals surface area contributed by atoms with Crippen molar-refractivity contribution in [1.82, 2.24) is 0 Å². The normalized spacial score (nSPS) is 17.4. The van der Waals surface area contributed by atoms with Gasteiger partial charge in [0.15, 0.2) is 16.4 Å². The molecule has 2 aromatic rings. The summed E-state index contributed by atoms with van der Waals surface area (Å²) in [7, 11) is -3.34. The van der Waals surface area contributed by atoms with Crippen LogP contribution in [0.25, 0.3) is 0 Å². The Morgan fingerprint density at radius 2 is 1.85 bits per heavy atom. The van der Waals surface area contributed by atoms with Crippen molar-refractivity contribution >= 4 is 27.4 Å². The zero-order chi connectivity index (χ0) is 19.4. The Bertz CT molecular complexity index is 982. The third-order valence-electron chi connectivity index (χ3n) is 4.13. The number of rotatable bonds is 5. The minimum absolute atomic E-state index is 0.195. The van der Waals surface area contributed by atoms with Gasteiger partial charge in [0.05, 0.1) is 17.4 Å². The third-order valence-corrected chi connectivity index (χ3v) is 5.50. The van der Waals surface area contributed by atoms with E-state index in [0.717, 1.165) is 11.0 Å². The van der Waals surface area contributed by atoms with Gasteiger partial charge in [-0.3, -0.25) is 4.79 Å². The highest BCUT2D eigenvalue weighted by Crippen LogP contribution is 2.23. The van der Waals surface area contributed by atoms with Crippen LogP contribution in [0.3, 0.4) is 0 Å². The average Bonchev–Trinajstić information content (AvgIpc) is 3.00. The molecule has 1 heterocycles. The van der Waals surface area contributed by atoms with Gasteiger partial charge in [-0.25, -0.2) is 13.2 Å². The van der Waals surface area contributed by atoms with Crippen LogP contribution >= 0.6 is 0 Å². The summed E-state index contributed by atoms with van der Waals surface area (Å²) in [5, 5.41) is 1.11. The molecule has 140 valence electrons. The van der Waals surface area contributed by atoms with Crippen molar-refractivity contribution in [3.05, 3.63) is 77.2 Å². The number of carbonyl (C=O) groups is 2. The largest absolute Gasteiger partial charge is 0.452 e. The maximum atomic E-state index is 12.8. The molecule has 0 aliphatic carbocycles. The molecule has 0 unspecified atom stereocenters. The van der Waals surface area contributed by atoms with Gasteiger partial charge < -0.3 is 9.64 Å². The van der Waals surface area contributed by atoms with Crippen LogP contribution in [0, 0.1) is 6.92 Å². The second-order valence-corrected chi connectivity index (χ2v) is 8.20. The monoisotopic (exact) mass is 385 g/mol. The van der Waals surface area contributed by atoms with Crippen molar-refractivity contribution in [2.75, 3.05) is 17.3 Å². The van der Waals surface area contributed by atoms with Crippen molar-refractivity contribution < 1.29 is 22.7 Å². The molecule has 3 rings (SSSR count). The van der Waals surface area contributed by atoms with Crippen LogP contribution in [0.4, 0.5) is 5.69 Å². The SMILES string of the molecule is Cc1cccc(C(=O)OCC(=O)N(c2ccccc2)[C@@H]2C=CS(=O)(=O)C2)c1. The Labute approximate surface area is 158 Å². The molecule has 0 bridgehead atoms. The number of sulfone groups is 1. The lowest BCUT2D eigenvalue weighted by Gasteiger charge is -2.27. The fraction of sp³-hybridized carbons (Fsp3) is 0.200. The third kappa shape index (κ3) is 4.62. The molecule has 0 radical (unpaired) electrons. The quantitative estimate of drug-likeness (QED) is 0.739. The van der Waals surface area contributed by atoms with Gasteiger partial charge in [-0.2, -0.15) is 0 Å². The zero-order valence-corrected chi connectivity index (χ0v) is 15.6. The lowest BCUT2D eigenvalue weighted by Crippen LogP contribution is -2.43. The van der Waals surface area contributed by atoms with Crippen LogP contribution < -0.4 is 4.90 Å². The number of nitrogens with zero attached hydrogens (tertiary/aromatic N) is 1. The van der Waals surface area contributed by atoms with Crippen LogP contribution in [0.5, 0.6) is 0 Å². The first-order valence-electron chi connectivity index (χ1n) is 8.37. The first kappa shape index (κ1) is 18.8. The highest BCUT2D eigenvalue weighted by molar-refractivity contribution is 7.94. The molecule has 2 aromatic carbocycles. The maximum Gasteiger partial charge on any atom is 0.338 e. The Hall–Kier alpha value is -2.93. The molecule has 1 aliphatic rings. The maximum absolute atomic E-state index is 12.8. The summed E-state index contributed by atoms with van der Waals surface area (Å²) in [5.41, 5.74) is 1.81. The van der Waals surface area contributed by atoms with Gasteiger partial charge in [0.1, 0.15) is 0 Å². The van der Waals surface area contributed by atoms with E-state index in [9.17, 15) is 18.0 Å². The number of benzene rings is 2. The lowest BCUT2D eigenvalue weighted by molar-refractivity contribution is -0.121. The molecule has 0 saturated heterocycles.